The second-order valence-electron chi connectivity index (χ2n) is 4.30. The Morgan fingerprint density at radius 3 is 2.80 bits per heavy atom. The van der Waals surface area contributed by atoms with Gasteiger partial charge in [-0.3, -0.25) is 0 Å². The largest absolute Gasteiger partial charge is 0.508 e. The maximum Gasteiger partial charge on any atom is 0.204 e. The van der Waals surface area contributed by atoms with Crippen LogP contribution >= 0.6 is 0 Å². The van der Waals surface area contributed by atoms with Crippen LogP contribution in [0, 0.1) is 0 Å². The van der Waals surface area contributed by atoms with Gasteiger partial charge in [0.05, 0.1) is 0 Å². The fraction of sp³-hybridized carbons (Fsp3) is 0.0714. The van der Waals surface area contributed by atoms with Crippen molar-refractivity contribution >= 4 is 5.69 Å². The van der Waals surface area contributed by atoms with Crippen molar-refractivity contribution in [3.63, 3.8) is 0 Å². The van der Waals surface area contributed by atoms with Gasteiger partial charge >= 0.3 is 0 Å². The lowest BCUT2D eigenvalue weighted by molar-refractivity contribution is 0.469. The molecule has 1 aromatic heterocycles. The number of H-pyrrole nitrogens is 1. The van der Waals surface area contributed by atoms with E-state index < -0.39 is 0 Å². The van der Waals surface area contributed by atoms with Crippen LogP contribution in [0.5, 0.6) is 5.75 Å². The number of nitrogens with one attached hydrogen (secondary N) is 2. The topological polar surface area (TPSA) is 86.7 Å². The van der Waals surface area contributed by atoms with Gasteiger partial charge in [0, 0.05) is 23.4 Å². The zero-order valence-electron chi connectivity index (χ0n) is 10.6. The third kappa shape index (κ3) is 2.59. The zero-order chi connectivity index (χ0) is 13.8. The lowest BCUT2D eigenvalue weighted by atomic mass is 10.1. The Morgan fingerprint density at radius 1 is 1.10 bits per heavy atom. The normalized spacial score (nSPS) is 10.4. The highest BCUT2D eigenvalue weighted by Crippen LogP contribution is 2.21. The molecule has 3 N–H and O–H groups in total. The number of para-hydroxylation sites is 1. The maximum absolute atomic E-state index is 9.72. The predicted octanol–water partition coefficient (Wildman–Crippen LogP) is 2.18. The summed E-state index contributed by atoms with van der Waals surface area (Å²) in [7, 11) is 0. The Hall–Kier alpha value is -2.89. The van der Waals surface area contributed by atoms with Crippen LogP contribution in [0.4, 0.5) is 5.69 Å². The average Bonchev–Trinajstić information content (AvgIpc) is 3.01. The number of anilines is 1. The highest BCUT2D eigenvalue weighted by Gasteiger charge is 2.04. The molecule has 0 atom stereocenters. The molecule has 0 unspecified atom stereocenters. The Labute approximate surface area is 115 Å². The molecule has 0 spiro atoms. The number of aromatic hydroxyl groups is 1. The van der Waals surface area contributed by atoms with Crippen molar-refractivity contribution in [2.24, 2.45) is 0 Å². The van der Waals surface area contributed by atoms with Crippen LogP contribution in [0.25, 0.3) is 11.4 Å². The molecule has 3 rings (SSSR count). The first-order valence-electron chi connectivity index (χ1n) is 6.17. The number of benzene rings is 2. The van der Waals surface area contributed by atoms with Gasteiger partial charge in [-0.05, 0) is 23.4 Å². The summed E-state index contributed by atoms with van der Waals surface area (Å²) in [6.45, 7) is 0.544. The van der Waals surface area contributed by atoms with E-state index in [4.69, 9.17) is 0 Å². The highest BCUT2D eigenvalue weighted by molar-refractivity contribution is 5.61. The molecule has 0 amide bonds. The maximum atomic E-state index is 9.72. The van der Waals surface area contributed by atoms with E-state index in [-0.39, 0.29) is 5.75 Å². The SMILES string of the molecule is Oc1ccccc1CNc1cccc(-c2nn[nH]n2)c1. The molecule has 20 heavy (non-hydrogen) atoms. The number of aromatic amines is 1. The minimum Gasteiger partial charge on any atom is -0.508 e. The molecule has 0 fully saturated rings. The molecule has 0 saturated heterocycles. The number of phenolic OH excluding ortho intramolecular Hbond substituents is 1. The van der Waals surface area contributed by atoms with E-state index in [1.807, 2.05) is 36.4 Å². The van der Waals surface area contributed by atoms with Gasteiger partial charge in [-0.15, -0.1) is 10.2 Å². The number of nitrogens with zero attached hydrogens (tertiary/aromatic N) is 3. The van der Waals surface area contributed by atoms with Crippen LogP contribution in [-0.4, -0.2) is 25.7 Å². The van der Waals surface area contributed by atoms with Gasteiger partial charge < -0.3 is 10.4 Å². The summed E-state index contributed by atoms with van der Waals surface area (Å²) in [6, 6.07) is 15.0. The molecule has 0 radical (unpaired) electrons. The van der Waals surface area contributed by atoms with Crippen LogP contribution in [0.1, 0.15) is 5.56 Å². The van der Waals surface area contributed by atoms with E-state index in [0.29, 0.717) is 12.4 Å². The van der Waals surface area contributed by atoms with Crippen LogP contribution in [0.15, 0.2) is 48.5 Å². The molecule has 100 valence electrons. The fourth-order valence-electron chi connectivity index (χ4n) is 1.91. The monoisotopic (exact) mass is 267 g/mol. The van der Waals surface area contributed by atoms with Crippen LogP contribution in [0.3, 0.4) is 0 Å². The Balaban J connectivity index is 1.75. The van der Waals surface area contributed by atoms with Crippen LogP contribution in [-0.2, 0) is 6.54 Å². The average molecular weight is 267 g/mol. The molecule has 0 aliphatic carbocycles. The van der Waals surface area contributed by atoms with Crippen molar-refractivity contribution in [1.29, 1.82) is 0 Å². The van der Waals surface area contributed by atoms with Gasteiger partial charge in [-0.25, -0.2) is 0 Å². The predicted molar refractivity (Wildman–Crippen MR) is 75.0 cm³/mol. The van der Waals surface area contributed by atoms with Gasteiger partial charge in [0.25, 0.3) is 0 Å². The molecule has 0 bridgehead atoms. The molecular formula is C14H13N5O. The van der Waals surface area contributed by atoms with E-state index in [1.54, 1.807) is 12.1 Å². The summed E-state index contributed by atoms with van der Waals surface area (Å²) < 4.78 is 0. The zero-order valence-corrected chi connectivity index (χ0v) is 10.6. The van der Waals surface area contributed by atoms with Gasteiger partial charge in [0.15, 0.2) is 0 Å². The molecule has 2 aromatic carbocycles. The summed E-state index contributed by atoms with van der Waals surface area (Å²) in [5.74, 6) is 0.838. The van der Waals surface area contributed by atoms with E-state index in [9.17, 15) is 5.11 Å². The molecular weight excluding hydrogens is 254 g/mol. The molecule has 0 aliphatic rings. The summed E-state index contributed by atoms with van der Waals surface area (Å²) >= 11 is 0. The molecule has 0 aliphatic heterocycles. The van der Waals surface area contributed by atoms with Gasteiger partial charge in [-0.2, -0.15) is 5.21 Å². The summed E-state index contributed by atoms with van der Waals surface area (Å²) in [4.78, 5) is 0. The number of aromatic nitrogens is 4. The lowest BCUT2D eigenvalue weighted by Crippen LogP contribution is -1.99. The Morgan fingerprint density at radius 2 is 2.00 bits per heavy atom. The summed E-state index contributed by atoms with van der Waals surface area (Å²) in [5, 5.41) is 26.8. The van der Waals surface area contributed by atoms with E-state index in [2.05, 4.69) is 25.9 Å². The molecule has 6 nitrogen and oxygen atoms in total. The van der Waals surface area contributed by atoms with Crippen molar-refractivity contribution in [2.75, 3.05) is 5.32 Å². The number of phenols is 1. The van der Waals surface area contributed by atoms with Gasteiger partial charge in [0.1, 0.15) is 5.75 Å². The van der Waals surface area contributed by atoms with Gasteiger partial charge in [-0.1, -0.05) is 30.3 Å². The van der Waals surface area contributed by atoms with Crippen LogP contribution in [0.2, 0.25) is 0 Å². The molecule has 3 aromatic rings. The van der Waals surface area contributed by atoms with E-state index in [0.717, 1.165) is 16.8 Å². The summed E-state index contributed by atoms with van der Waals surface area (Å²) in [6.07, 6.45) is 0. The van der Waals surface area contributed by atoms with Crippen molar-refractivity contribution < 1.29 is 5.11 Å². The standard InChI is InChI=1S/C14H13N5O/c20-13-7-2-1-4-11(13)9-15-12-6-3-5-10(8-12)14-16-18-19-17-14/h1-8,15,20H,9H2,(H,16,17,18,19). The quantitative estimate of drug-likeness (QED) is 0.674. The molecule has 6 heteroatoms. The van der Waals surface area contributed by atoms with Crippen molar-refractivity contribution in [1.82, 2.24) is 20.6 Å². The lowest BCUT2D eigenvalue weighted by Gasteiger charge is -2.08. The number of hydrogen-bond acceptors (Lipinski definition) is 5. The second kappa shape index (κ2) is 5.40. The Kier molecular flexibility index (Phi) is 3.28. The minimum absolute atomic E-state index is 0.286. The highest BCUT2D eigenvalue weighted by atomic mass is 16.3. The first kappa shape index (κ1) is 12.2. The second-order valence-corrected chi connectivity index (χ2v) is 4.30. The number of rotatable bonds is 4. The minimum atomic E-state index is 0.286. The first-order chi connectivity index (χ1) is 9.83. The van der Waals surface area contributed by atoms with Crippen molar-refractivity contribution in [3.05, 3.63) is 54.1 Å². The fourth-order valence-corrected chi connectivity index (χ4v) is 1.91. The number of tetrazole rings is 1. The summed E-state index contributed by atoms with van der Waals surface area (Å²) in [5.41, 5.74) is 2.65. The number of hydrogen-bond donors (Lipinski definition) is 3. The molecule has 1 heterocycles. The third-order valence-corrected chi connectivity index (χ3v) is 2.94. The molecule has 0 saturated carbocycles. The van der Waals surface area contributed by atoms with Crippen molar-refractivity contribution in [2.45, 2.75) is 6.54 Å². The van der Waals surface area contributed by atoms with E-state index >= 15 is 0 Å². The third-order valence-electron chi connectivity index (χ3n) is 2.94. The van der Waals surface area contributed by atoms with Gasteiger partial charge in [0.2, 0.25) is 5.82 Å². The first-order valence-corrected chi connectivity index (χ1v) is 6.17. The Bertz CT molecular complexity index is 696. The smallest absolute Gasteiger partial charge is 0.204 e. The van der Waals surface area contributed by atoms with Crippen molar-refractivity contribution in [3.8, 4) is 17.1 Å². The van der Waals surface area contributed by atoms with Crippen LogP contribution < -0.4 is 5.32 Å². The van der Waals surface area contributed by atoms with E-state index in [1.165, 1.54) is 0 Å².